The van der Waals surface area contributed by atoms with Gasteiger partial charge in [-0.25, -0.2) is 13.1 Å². The zero-order valence-electron chi connectivity index (χ0n) is 9.82. The van der Waals surface area contributed by atoms with E-state index in [9.17, 15) is 8.42 Å². The van der Waals surface area contributed by atoms with Crippen LogP contribution < -0.4 is 4.72 Å². The molecule has 1 aliphatic heterocycles. The molecule has 0 saturated carbocycles. The molecular formula is C12H17NO2S. The maximum Gasteiger partial charge on any atom is 0.212 e. The minimum absolute atomic E-state index is 0.0260. The van der Waals surface area contributed by atoms with Crippen LogP contribution >= 0.6 is 0 Å². The van der Waals surface area contributed by atoms with Gasteiger partial charge in [-0.15, -0.1) is 0 Å². The van der Waals surface area contributed by atoms with E-state index in [1.54, 1.807) is 0 Å². The van der Waals surface area contributed by atoms with E-state index in [4.69, 9.17) is 0 Å². The van der Waals surface area contributed by atoms with E-state index < -0.39 is 15.6 Å². The van der Waals surface area contributed by atoms with E-state index >= 15 is 0 Å². The summed E-state index contributed by atoms with van der Waals surface area (Å²) in [6.07, 6.45) is 0. The van der Waals surface area contributed by atoms with Crippen molar-refractivity contribution in [3.63, 3.8) is 0 Å². The second-order valence-corrected chi connectivity index (χ2v) is 6.84. The Balaban J connectivity index is 2.38. The molecule has 0 bridgehead atoms. The van der Waals surface area contributed by atoms with Gasteiger partial charge >= 0.3 is 0 Å². The molecule has 0 aromatic heterocycles. The minimum atomic E-state index is -3.11. The van der Waals surface area contributed by atoms with E-state index in [0.717, 1.165) is 5.56 Å². The van der Waals surface area contributed by atoms with Crippen molar-refractivity contribution < 1.29 is 8.42 Å². The average Bonchev–Trinajstić information content (AvgIpc) is 2.35. The maximum atomic E-state index is 11.6. The first-order valence-electron chi connectivity index (χ1n) is 5.38. The Morgan fingerprint density at radius 3 is 2.25 bits per heavy atom. The van der Waals surface area contributed by atoms with Crippen molar-refractivity contribution in [2.45, 2.75) is 32.2 Å². The molecule has 0 radical (unpaired) electrons. The zero-order chi connectivity index (χ0) is 12.0. The number of hydrogen-bond acceptors (Lipinski definition) is 2. The number of nitrogens with one attached hydrogen (secondary N) is 1. The number of sulfonamides is 1. The second kappa shape index (κ2) is 3.57. The molecule has 88 valence electrons. The first kappa shape index (κ1) is 11.6. The minimum Gasteiger partial charge on any atom is -0.212 e. The predicted octanol–water partition coefficient (Wildman–Crippen LogP) is 1.79. The van der Waals surface area contributed by atoms with Gasteiger partial charge in [-0.2, -0.15) is 0 Å². The largest absolute Gasteiger partial charge is 0.212 e. The fourth-order valence-electron chi connectivity index (χ4n) is 2.25. The van der Waals surface area contributed by atoms with Crippen LogP contribution in [0.4, 0.5) is 0 Å². The van der Waals surface area contributed by atoms with E-state index in [1.807, 2.05) is 45.0 Å². The van der Waals surface area contributed by atoms with Gasteiger partial charge in [0, 0.05) is 11.5 Å². The van der Waals surface area contributed by atoms with Crippen molar-refractivity contribution in [2.24, 2.45) is 0 Å². The van der Waals surface area contributed by atoms with Gasteiger partial charge in [0.15, 0.2) is 0 Å². The van der Waals surface area contributed by atoms with Crippen molar-refractivity contribution in [3.05, 3.63) is 35.4 Å². The highest BCUT2D eigenvalue weighted by Crippen LogP contribution is 2.35. The van der Waals surface area contributed by atoms with Crippen LogP contribution in [0, 0.1) is 6.92 Å². The zero-order valence-corrected chi connectivity index (χ0v) is 10.6. The van der Waals surface area contributed by atoms with Crippen LogP contribution in [0.25, 0.3) is 0 Å². The number of rotatable bonds is 1. The SMILES string of the molecule is Cc1ccc(C2CS(=O)(=O)NC2(C)C)cc1. The van der Waals surface area contributed by atoms with Crippen molar-refractivity contribution >= 4 is 10.0 Å². The molecule has 1 atom stereocenters. The summed E-state index contributed by atoms with van der Waals surface area (Å²) in [5.41, 5.74) is 1.88. The Morgan fingerprint density at radius 2 is 1.81 bits per heavy atom. The van der Waals surface area contributed by atoms with Crippen LogP contribution in [0.3, 0.4) is 0 Å². The van der Waals surface area contributed by atoms with Gasteiger partial charge in [0.05, 0.1) is 5.75 Å². The van der Waals surface area contributed by atoms with Crippen LogP contribution in [0.1, 0.15) is 30.9 Å². The first-order valence-corrected chi connectivity index (χ1v) is 7.04. The molecule has 1 fully saturated rings. The summed E-state index contributed by atoms with van der Waals surface area (Å²) < 4.78 is 25.9. The third-order valence-corrected chi connectivity index (χ3v) is 4.76. The summed E-state index contributed by atoms with van der Waals surface area (Å²) >= 11 is 0. The van der Waals surface area contributed by atoms with Gasteiger partial charge in [-0.3, -0.25) is 0 Å². The molecule has 1 saturated heterocycles. The highest BCUT2D eigenvalue weighted by atomic mass is 32.2. The van der Waals surface area contributed by atoms with Crippen molar-refractivity contribution in [3.8, 4) is 0 Å². The molecule has 0 aliphatic carbocycles. The highest BCUT2D eigenvalue weighted by molar-refractivity contribution is 7.89. The summed E-state index contributed by atoms with van der Waals surface area (Å²) in [4.78, 5) is 0. The van der Waals surface area contributed by atoms with Gasteiger partial charge < -0.3 is 0 Å². The average molecular weight is 239 g/mol. The normalized spacial score (nSPS) is 26.8. The lowest BCUT2D eigenvalue weighted by Crippen LogP contribution is -2.38. The lowest BCUT2D eigenvalue weighted by Gasteiger charge is -2.25. The molecule has 4 heteroatoms. The maximum absolute atomic E-state index is 11.6. The monoisotopic (exact) mass is 239 g/mol. The van der Waals surface area contributed by atoms with Crippen LogP contribution in [-0.4, -0.2) is 19.7 Å². The molecule has 1 N–H and O–H groups in total. The Kier molecular flexibility index (Phi) is 2.59. The van der Waals surface area contributed by atoms with Gasteiger partial charge in [-0.1, -0.05) is 29.8 Å². The Labute approximate surface area is 96.9 Å². The molecule has 2 rings (SSSR count). The fraction of sp³-hybridized carbons (Fsp3) is 0.500. The summed E-state index contributed by atoms with van der Waals surface area (Å²) in [5.74, 6) is 0.210. The van der Waals surface area contributed by atoms with E-state index in [0.29, 0.717) is 0 Å². The van der Waals surface area contributed by atoms with Crippen LogP contribution in [0.15, 0.2) is 24.3 Å². The van der Waals surface area contributed by atoms with Gasteiger partial charge in [0.1, 0.15) is 0 Å². The van der Waals surface area contributed by atoms with Crippen LogP contribution in [-0.2, 0) is 10.0 Å². The summed E-state index contributed by atoms with van der Waals surface area (Å²) in [6, 6.07) is 8.08. The fourth-order valence-corrected chi connectivity index (χ4v) is 4.33. The quantitative estimate of drug-likeness (QED) is 0.812. The van der Waals surface area contributed by atoms with Gasteiger partial charge in [-0.05, 0) is 26.3 Å². The standard InChI is InChI=1S/C12H17NO2S/c1-9-4-6-10(7-5-9)11-8-16(14,15)13-12(11,2)3/h4-7,11,13H,8H2,1-3H3. The summed E-state index contributed by atoms with van der Waals surface area (Å²) in [7, 11) is -3.11. The molecule has 1 aromatic rings. The Hall–Kier alpha value is -0.870. The third-order valence-electron chi connectivity index (χ3n) is 3.16. The molecule has 16 heavy (non-hydrogen) atoms. The molecule has 1 unspecified atom stereocenters. The second-order valence-electron chi connectivity index (χ2n) is 5.07. The summed E-state index contributed by atoms with van der Waals surface area (Å²) in [5, 5.41) is 0. The van der Waals surface area contributed by atoms with Crippen LogP contribution in [0.5, 0.6) is 0 Å². The predicted molar refractivity (Wildman–Crippen MR) is 64.9 cm³/mol. The number of aryl methyl sites for hydroxylation is 1. The Bertz CT molecular complexity index is 488. The van der Waals surface area contributed by atoms with Gasteiger partial charge in [0.2, 0.25) is 10.0 Å². The van der Waals surface area contributed by atoms with E-state index in [-0.39, 0.29) is 11.7 Å². The lowest BCUT2D eigenvalue weighted by atomic mass is 9.84. The highest BCUT2D eigenvalue weighted by Gasteiger charge is 2.43. The van der Waals surface area contributed by atoms with E-state index in [2.05, 4.69) is 4.72 Å². The topological polar surface area (TPSA) is 46.2 Å². The van der Waals surface area contributed by atoms with Crippen molar-refractivity contribution in [2.75, 3.05) is 5.75 Å². The molecule has 0 amide bonds. The summed E-state index contributed by atoms with van der Waals surface area (Å²) in [6.45, 7) is 5.89. The molecular weight excluding hydrogens is 222 g/mol. The van der Waals surface area contributed by atoms with Crippen molar-refractivity contribution in [1.82, 2.24) is 4.72 Å². The first-order chi connectivity index (χ1) is 7.30. The number of hydrogen-bond donors (Lipinski definition) is 1. The molecule has 0 spiro atoms. The van der Waals surface area contributed by atoms with E-state index in [1.165, 1.54) is 5.56 Å². The van der Waals surface area contributed by atoms with Crippen molar-refractivity contribution in [1.29, 1.82) is 0 Å². The molecule has 3 nitrogen and oxygen atoms in total. The third kappa shape index (κ3) is 2.13. The van der Waals surface area contributed by atoms with Gasteiger partial charge in [0.25, 0.3) is 0 Å². The molecule has 1 aliphatic rings. The van der Waals surface area contributed by atoms with Crippen LogP contribution in [0.2, 0.25) is 0 Å². The molecule has 1 aromatic carbocycles. The molecule has 1 heterocycles. The Morgan fingerprint density at radius 1 is 1.25 bits per heavy atom. The number of benzene rings is 1. The lowest BCUT2D eigenvalue weighted by molar-refractivity contribution is 0.428. The smallest absolute Gasteiger partial charge is 0.212 e.